The fourth-order valence-electron chi connectivity index (χ4n) is 2.73. The maximum atomic E-state index is 12.7. The van der Waals surface area contributed by atoms with Gasteiger partial charge in [-0.15, -0.1) is 11.8 Å². The minimum Gasteiger partial charge on any atom is -0.353 e. The third kappa shape index (κ3) is 4.91. The third-order valence-electron chi connectivity index (χ3n) is 4.40. The monoisotopic (exact) mass is 382 g/mol. The Balaban J connectivity index is 2.03. The van der Waals surface area contributed by atoms with Crippen LogP contribution in [-0.2, 0) is 15.0 Å². The van der Waals surface area contributed by atoms with Crippen LogP contribution in [0, 0.1) is 5.41 Å². The molecule has 1 fully saturated rings. The molecule has 1 heterocycles. The summed E-state index contributed by atoms with van der Waals surface area (Å²) in [6.45, 7) is 10.3. The van der Waals surface area contributed by atoms with Gasteiger partial charge in [-0.1, -0.05) is 58.4 Å². The minimum atomic E-state index is -0.483. The molecule has 1 atom stereocenters. The SMILES string of the molecule is CC(C)(C)C(=O)N1CSCC1C(=O)NCC(C)(C)c1cccc(Cl)c1. The van der Waals surface area contributed by atoms with Gasteiger partial charge in [-0.2, -0.15) is 0 Å². The Morgan fingerprint density at radius 1 is 1.28 bits per heavy atom. The van der Waals surface area contributed by atoms with Crippen LogP contribution in [-0.4, -0.2) is 40.9 Å². The van der Waals surface area contributed by atoms with E-state index in [1.54, 1.807) is 16.7 Å². The first kappa shape index (κ1) is 20.1. The summed E-state index contributed by atoms with van der Waals surface area (Å²) < 4.78 is 0. The van der Waals surface area contributed by atoms with Crippen LogP contribution in [0.4, 0.5) is 0 Å². The molecule has 4 nitrogen and oxygen atoms in total. The Kier molecular flexibility index (Phi) is 6.10. The number of hydrogen-bond acceptors (Lipinski definition) is 3. The van der Waals surface area contributed by atoms with Crippen molar-refractivity contribution >= 4 is 35.2 Å². The Bertz CT molecular complexity index is 655. The number of halogens is 1. The van der Waals surface area contributed by atoms with Gasteiger partial charge in [-0.05, 0) is 17.7 Å². The van der Waals surface area contributed by atoms with Crippen LogP contribution in [0.25, 0.3) is 0 Å². The van der Waals surface area contributed by atoms with Crippen LogP contribution in [0.3, 0.4) is 0 Å². The average Bonchev–Trinajstić information content (AvgIpc) is 3.00. The van der Waals surface area contributed by atoms with E-state index in [9.17, 15) is 9.59 Å². The van der Waals surface area contributed by atoms with E-state index in [2.05, 4.69) is 19.2 Å². The van der Waals surface area contributed by atoms with Crippen molar-refractivity contribution in [2.75, 3.05) is 18.2 Å². The minimum absolute atomic E-state index is 0.0201. The molecule has 1 saturated heterocycles. The molecular weight excluding hydrogens is 356 g/mol. The largest absolute Gasteiger partial charge is 0.353 e. The highest BCUT2D eigenvalue weighted by atomic mass is 35.5. The highest BCUT2D eigenvalue weighted by molar-refractivity contribution is 7.99. The molecule has 138 valence electrons. The second-order valence-corrected chi connectivity index (χ2v) is 9.59. The summed E-state index contributed by atoms with van der Waals surface area (Å²) in [4.78, 5) is 26.9. The van der Waals surface area contributed by atoms with E-state index in [0.29, 0.717) is 23.2 Å². The van der Waals surface area contributed by atoms with Gasteiger partial charge in [-0.3, -0.25) is 9.59 Å². The first-order valence-electron chi connectivity index (χ1n) is 8.45. The van der Waals surface area contributed by atoms with Crippen LogP contribution in [0.15, 0.2) is 24.3 Å². The molecule has 0 spiro atoms. The summed E-state index contributed by atoms with van der Waals surface area (Å²) >= 11 is 7.70. The van der Waals surface area contributed by atoms with Gasteiger partial charge in [0.2, 0.25) is 11.8 Å². The number of amides is 2. The predicted molar refractivity (Wildman–Crippen MR) is 105 cm³/mol. The summed E-state index contributed by atoms with van der Waals surface area (Å²) in [5.74, 6) is 1.15. The zero-order valence-corrected chi connectivity index (χ0v) is 17.1. The fourth-order valence-corrected chi connectivity index (χ4v) is 4.07. The van der Waals surface area contributed by atoms with Crippen LogP contribution in [0.1, 0.15) is 40.2 Å². The normalized spacial score (nSPS) is 18.3. The second-order valence-electron chi connectivity index (χ2n) is 8.15. The fraction of sp³-hybridized carbons (Fsp3) is 0.579. The van der Waals surface area contributed by atoms with Crippen molar-refractivity contribution < 1.29 is 9.59 Å². The van der Waals surface area contributed by atoms with Crippen molar-refractivity contribution in [1.29, 1.82) is 0 Å². The van der Waals surface area contributed by atoms with Crippen molar-refractivity contribution in [3.8, 4) is 0 Å². The van der Waals surface area contributed by atoms with Crippen LogP contribution in [0.2, 0.25) is 5.02 Å². The van der Waals surface area contributed by atoms with Gasteiger partial charge in [0.25, 0.3) is 0 Å². The molecule has 1 aliphatic rings. The Hall–Kier alpha value is -1.20. The molecule has 1 aromatic carbocycles. The lowest BCUT2D eigenvalue weighted by Gasteiger charge is -2.31. The number of carbonyl (C=O) groups excluding carboxylic acids is 2. The molecule has 1 N–H and O–H groups in total. The molecular formula is C19H27ClN2O2S. The number of thioether (sulfide) groups is 1. The molecule has 1 aliphatic heterocycles. The maximum Gasteiger partial charge on any atom is 0.243 e. The van der Waals surface area contributed by atoms with E-state index in [1.165, 1.54) is 0 Å². The molecule has 1 aromatic rings. The zero-order chi connectivity index (χ0) is 18.8. The first-order valence-corrected chi connectivity index (χ1v) is 9.98. The van der Waals surface area contributed by atoms with Crippen molar-refractivity contribution in [2.24, 2.45) is 5.41 Å². The lowest BCUT2D eigenvalue weighted by molar-refractivity contribution is -0.144. The number of nitrogens with one attached hydrogen (secondary N) is 1. The Labute approximate surface area is 159 Å². The van der Waals surface area contributed by atoms with Gasteiger partial charge in [0.05, 0.1) is 5.88 Å². The molecule has 0 bridgehead atoms. The number of hydrogen-bond donors (Lipinski definition) is 1. The Morgan fingerprint density at radius 3 is 2.56 bits per heavy atom. The van der Waals surface area contributed by atoms with E-state index in [1.807, 2.05) is 45.0 Å². The number of rotatable bonds is 4. The van der Waals surface area contributed by atoms with Gasteiger partial charge < -0.3 is 10.2 Å². The highest BCUT2D eigenvalue weighted by Gasteiger charge is 2.39. The molecule has 2 amide bonds. The van der Waals surface area contributed by atoms with Gasteiger partial charge in [0.1, 0.15) is 6.04 Å². The number of benzene rings is 1. The van der Waals surface area contributed by atoms with Crippen molar-refractivity contribution in [1.82, 2.24) is 10.2 Å². The van der Waals surface area contributed by atoms with Gasteiger partial charge in [0, 0.05) is 28.2 Å². The molecule has 0 aromatic heterocycles. The van der Waals surface area contributed by atoms with Gasteiger partial charge >= 0.3 is 0 Å². The van der Waals surface area contributed by atoms with Crippen LogP contribution in [0.5, 0.6) is 0 Å². The van der Waals surface area contributed by atoms with E-state index >= 15 is 0 Å². The van der Waals surface area contributed by atoms with E-state index in [-0.39, 0.29) is 17.2 Å². The van der Waals surface area contributed by atoms with E-state index < -0.39 is 11.5 Å². The summed E-state index contributed by atoms with van der Waals surface area (Å²) in [5, 5.41) is 3.72. The van der Waals surface area contributed by atoms with E-state index in [4.69, 9.17) is 11.6 Å². The Morgan fingerprint density at radius 2 is 1.96 bits per heavy atom. The zero-order valence-electron chi connectivity index (χ0n) is 15.6. The molecule has 2 rings (SSSR count). The summed E-state index contributed by atoms with van der Waals surface area (Å²) in [6, 6.07) is 7.30. The van der Waals surface area contributed by atoms with Crippen molar-refractivity contribution in [2.45, 2.75) is 46.1 Å². The van der Waals surface area contributed by atoms with Crippen molar-refractivity contribution in [3.63, 3.8) is 0 Å². The molecule has 25 heavy (non-hydrogen) atoms. The third-order valence-corrected chi connectivity index (χ3v) is 5.65. The molecule has 0 aliphatic carbocycles. The summed E-state index contributed by atoms with van der Waals surface area (Å²) in [5.41, 5.74) is 0.345. The molecule has 1 unspecified atom stereocenters. The number of carbonyl (C=O) groups is 2. The number of nitrogens with zero attached hydrogens (tertiary/aromatic N) is 1. The second kappa shape index (κ2) is 7.58. The quantitative estimate of drug-likeness (QED) is 0.864. The van der Waals surface area contributed by atoms with Crippen molar-refractivity contribution in [3.05, 3.63) is 34.9 Å². The van der Waals surface area contributed by atoms with Gasteiger partial charge in [-0.25, -0.2) is 0 Å². The average molecular weight is 383 g/mol. The van der Waals surface area contributed by atoms with E-state index in [0.717, 1.165) is 5.56 Å². The summed E-state index contributed by atoms with van der Waals surface area (Å²) in [7, 11) is 0. The summed E-state index contributed by atoms with van der Waals surface area (Å²) in [6.07, 6.45) is 0. The molecule has 6 heteroatoms. The molecule has 0 saturated carbocycles. The highest BCUT2D eigenvalue weighted by Crippen LogP contribution is 2.28. The lowest BCUT2D eigenvalue weighted by Crippen LogP contribution is -2.51. The first-order chi connectivity index (χ1) is 11.5. The maximum absolute atomic E-state index is 12.7. The smallest absolute Gasteiger partial charge is 0.243 e. The predicted octanol–water partition coefficient (Wildman–Crippen LogP) is 3.68. The lowest BCUT2D eigenvalue weighted by atomic mass is 9.84. The topological polar surface area (TPSA) is 49.4 Å². The van der Waals surface area contributed by atoms with Crippen LogP contribution < -0.4 is 5.32 Å². The van der Waals surface area contributed by atoms with Gasteiger partial charge in [0.15, 0.2) is 0 Å². The standard InChI is InChI=1S/C19H27ClN2O2S/c1-18(2,3)17(24)22-12-25-10-15(22)16(23)21-11-19(4,5)13-7-6-8-14(20)9-13/h6-9,15H,10-12H2,1-5H3,(H,21,23). The molecule has 0 radical (unpaired) electrons. The van der Waals surface area contributed by atoms with Crippen LogP contribution >= 0.6 is 23.4 Å².